The lowest BCUT2D eigenvalue weighted by Crippen LogP contribution is -2.20. The van der Waals surface area contributed by atoms with Crippen LogP contribution in [0.15, 0.2) is 48.5 Å². The Balaban J connectivity index is 2.11. The van der Waals surface area contributed by atoms with Crippen molar-refractivity contribution >= 4 is 0 Å². The average Bonchev–Trinajstić information content (AvgIpc) is 2.52. The van der Waals surface area contributed by atoms with E-state index < -0.39 is 0 Å². The third-order valence-corrected chi connectivity index (χ3v) is 3.38. The SMILES string of the molecule is CCCNC(C)c1cc(F)ccc1OCc1ccccc1. The van der Waals surface area contributed by atoms with Gasteiger partial charge in [0.25, 0.3) is 0 Å². The summed E-state index contributed by atoms with van der Waals surface area (Å²) in [5, 5.41) is 3.37. The van der Waals surface area contributed by atoms with Gasteiger partial charge in [0.1, 0.15) is 18.2 Å². The summed E-state index contributed by atoms with van der Waals surface area (Å²) in [6.45, 7) is 5.52. The summed E-state index contributed by atoms with van der Waals surface area (Å²) in [7, 11) is 0. The highest BCUT2D eigenvalue weighted by Crippen LogP contribution is 2.27. The molecule has 21 heavy (non-hydrogen) atoms. The second-order valence-electron chi connectivity index (χ2n) is 5.13. The molecule has 2 nitrogen and oxygen atoms in total. The third kappa shape index (κ3) is 4.57. The van der Waals surface area contributed by atoms with Gasteiger partial charge >= 0.3 is 0 Å². The van der Waals surface area contributed by atoms with Gasteiger partial charge in [-0.2, -0.15) is 0 Å². The molecule has 0 fully saturated rings. The van der Waals surface area contributed by atoms with Crippen molar-refractivity contribution in [3.63, 3.8) is 0 Å². The van der Waals surface area contributed by atoms with Crippen LogP contribution in [0.5, 0.6) is 5.75 Å². The van der Waals surface area contributed by atoms with Crippen LogP contribution in [-0.4, -0.2) is 6.54 Å². The summed E-state index contributed by atoms with van der Waals surface area (Å²) in [5.41, 5.74) is 1.96. The number of benzene rings is 2. The van der Waals surface area contributed by atoms with E-state index in [0.717, 1.165) is 29.8 Å². The fourth-order valence-electron chi connectivity index (χ4n) is 2.20. The fourth-order valence-corrected chi connectivity index (χ4v) is 2.20. The Morgan fingerprint density at radius 3 is 2.62 bits per heavy atom. The van der Waals surface area contributed by atoms with Gasteiger partial charge in [0, 0.05) is 11.6 Å². The lowest BCUT2D eigenvalue weighted by molar-refractivity contribution is 0.299. The van der Waals surface area contributed by atoms with E-state index in [-0.39, 0.29) is 11.9 Å². The molecule has 0 aromatic heterocycles. The Morgan fingerprint density at radius 1 is 1.14 bits per heavy atom. The molecule has 0 bridgehead atoms. The van der Waals surface area contributed by atoms with Crippen LogP contribution in [0.1, 0.15) is 37.4 Å². The lowest BCUT2D eigenvalue weighted by atomic mass is 10.1. The van der Waals surface area contributed by atoms with Gasteiger partial charge in [-0.1, -0.05) is 37.3 Å². The monoisotopic (exact) mass is 287 g/mol. The minimum atomic E-state index is -0.234. The minimum absolute atomic E-state index is 0.0615. The minimum Gasteiger partial charge on any atom is -0.489 e. The van der Waals surface area contributed by atoms with Crippen LogP contribution in [0.25, 0.3) is 0 Å². The molecule has 2 aromatic rings. The number of ether oxygens (including phenoxy) is 1. The molecule has 2 rings (SSSR count). The van der Waals surface area contributed by atoms with Gasteiger partial charge < -0.3 is 10.1 Å². The van der Waals surface area contributed by atoms with Crippen LogP contribution >= 0.6 is 0 Å². The van der Waals surface area contributed by atoms with E-state index in [0.29, 0.717) is 6.61 Å². The second kappa shape index (κ2) is 7.79. The molecule has 0 aliphatic rings. The Hall–Kier alpha value is -1.87. The lowest BCUT2D eigenvalue weighted by Gasteiger charge is -2.18. The number of rotatable bonds is 7. The highest BCUT2D eigenvalue weighted by Gasteiger charge is 2.12. The topological polar surface area (TPSA) is 21.3 Å². The predicted octanol–water partition coefficient (Wildman–Crippen LogP) is 4.47. The molecule has 1 unspecified atom stereocenters. The van der Waals surface area contributed by atoms with Crippen molar-refractivity contribution in [3.8, 4) is 5.75 Å². The summed E-state index contributed by atoms with van der Waals surface area (Å²) >= 11 is 0. The largest absolute Gasteiger partial charge is 0.489 e. The van der Waals surface area contributed by atoms with E-state index in [1.54, 1.807) is 12.1 Å². The van der Waals surface area contributed by atoms with E-state index in [1.165, 1.54) is 6.07 Å². The first-order valence-corrected chi connectivity index (χ1v) is 7.40. The van der Waals surface area contributed by atoms with Crippen molar-refractivity contribution in [1.82, 2.24) is 5.32 Å². The summed E-state index contributed by atoms with van der Waals surface area (Å²) in [6, 6.07) is 14.7. The molecule has 2 aromatic carbocycles. The third-order valence-electron chi connectivity index (χ3n) is 3.38. The smallest absolute Gasteiger partial charge is 0.124 e. The van der Waals surface area contributed by atoms with Gasteiger partial charge in [-0.15, -0.1) is 0 Å². The first-order chi connectivity index (χ1) is 10.2. The first-order valence-electron chi connectivity index (χ1n) is 7.40. The maximum Gasteiger partial charge on any atom is 0.124 e. The Morgan fingerprint density at radius 2 is 1.90 bits per heavy atom. The summed E-state index contributed by atoms with van der Waals surface area (Å²) in [4.78, 5) is 0. The normalized spacial score (nSPS) is 12.1. The zero-order valence-corrected chi connectivity index (χ0v) is 12.6. The van der Waals surface area contributed by atoms with Crippen molar-refractivity contribution in [3.05, 3.63) is 65.5 Å². The molecule has 0 heterocycles. The quantitative estimate of drug-likeness (QED) is 0.811. The second-order valence-corrected chi connectivity index (χ2v) is 5.13. The summed E-state index contributed by atoms with van der Waals surface area (Å²) in [6.07, 6.45) is 1.04. The molecule has 1 N–H and O–H groups in total. The predicted molar refractivity (Wildman–Crippen MR) is 83.9 cm³/mol. The van der Waals surface area contributed by atoms with E-state index in [1.807, 2.05) is 37.3 Å². The van der Waals surface area contributed by atoms with Gasteiger partial charge in [-0.05, 0) is 43.7 Å². The van der Waals surface area contributed by atoms with Crippen molar-refractivity contribution in [2.24, 2.45) is 0 Å². The molecular formula is C18H22FNO. The molecule has 3 heteroatoms. The van der Waals surface area contributed by atoms with Crippen LogP contribution in [0.4, 0.5) is 4.39 Å². The highest BCUT2D eigenvalue weighted by atomic mass is 19.1. The number of nitrogens with one attached hydrogen (secondary N) is 1. The van der Waals surface area contributed by atoms with Gasteiger partial charge in [-0.25, -0.2) is 4.39 Å². The van der Waals surface area contributed by atoms with Gasteiger partial charge in [0.15, 0.2) is 0 Å². The zero-order valence-electron chi connectivity index (χ0n) is 12.6. The molecule has 0 aliphatic heterocycles. The van der Waals surface area contributed by atoms with Crippen molar-refractivity contribution in [1.29, 1.82) is 0 Å². The van der Waals surface area contributed by atoms with Crippen LogP contribution < -0.4 is 10.1 Å². The maximum atomic E-state index is 13.5. The van der Waals surface area contributed by atoms with E-state index in [4.69, 9.17) is 4.74 Å². The van der Waals surface area contributed by atoms with Gasteiger partial charge in [0.2, 0.25) is 0 Å². The molecule has 112 valence electrons. The molecule has 0 saturated heterocycles. The molecule has 0 radical (unpaired) electrons. The zero-order chi connectivity index (χ0) is 15.1. The standard InChI is InChI=1S/C18H22FNO/c1-3-11-20-14(2)17-12-16(19)9-10-18(17)21-13-15-7-5-4-6-8-15/h4-10,12,14,20H,3,11,13H2,1-2H3. The molecule has 0 spiro atoms. The van der Waals surface area contributed by atoms with Crippen LogP contribution in [0.2, 0.25) is 0 Å². The molecular weight excluding hydrogens is 265 g/mol. The fraction of sp³-hybridized carbons (Fsp3) is 0.333. The van der Waals surface area contributed by atoms with Crippen LogP contribution in [0.3, 0.4) is 0 Å². The van der Waals surface area contributed by atoms with E-state index >= 15 is 0 Å². The number of hydrogen-bond acceptors (Lipinski definition) is 2. The van der Waals surface area contributed by atoms with Crippen LogP contribution in [-0.2, 0) is 6.61 Å². The van der Waals surface area contributed by atoms with E-state index in [2.05, 4.69) is 12.2 Å². The van der Waals surface area contributed by atoms with E-state index in [9.17, 15) is 4.39 Å². The molecule has 0 amide bonds. The maximum absolute atomic E-state index is 13.5. The number of hydrogen-bond donors (Lipinski definition) is 1. The van der Waals surface area contributed by atoms with Gasteiger partial charge in [-0.3, -0.25) is 0 Å². The number of halogens is 1. The summed E-state index contributed by atoms with van der Waals surface area (Å²) in [5.74, 6) is 0.499. The Labute approximate surface area is 126 Å². The Kier molecular flexibility index (Phi) is 5.76. The Bertz CT molecular complexity index is 556. The van der Waals surface area contributed by atoms with Crippen molar-refractivity contribution in [2.45, 2.75) is 32.9 Å². The first kappa shape index (κ1) is 15.5. The highest BCUT2D eigenvalue weighted by molar-refractivity contribution is 5.36. The van der Waals surface area contributed by atoms with Crippen LogP contribution in [0, 0.1) is 5.82 Å². The average molecular weight is 287 g/mol. The van der Waals surface area contributed by atoms with Crippen molar-refractivity contribution < 1.29 is 9.13 Å². The molecule has 0 aliphatic carbocycles. The molecule has 0 saturated carbocycles. The van der Waals surface area contributed by atoms with Gasteiger partial charge in [0.05, 0.1) is 0 Å². The summed E-state index contributed by atoms with van der Waals surface area (Å²) < 4.78 is 19.4. The van der Waals surface area contributed by atoms with Crippen molar-refractivity contribution in [2.75, 3.05) is 6.54 Å². The molecule has 1 atom stereocenters.